The molecule has 1 aromatic carbocycles. The Morgan fingerprint density at radius 3 is 2.55 bits per heavy atom. The molecule has 0 bridgehead atoms. The average Bonchev–Trinajstić information content (AvgIpc) is 2.54. The van der Waals surface area contributed by atoms with E-state index in [1.165, 1.54) is 12.0 Å². The summed E-state index contributed by atoms with van der Waals surface area (Å²) in [5, 5.41) is 0. The lowest BCUT2D eigenvalue weighted by atomic mass is 10.2. The molecule has 1 aromatic rings. The lowest BCUT2D eigenvalue weighted by Gasteiger charge is -2.26. The number of carbonyl (C=O) groups excluding carboxylic acids is 1. The van der Waals surface area contributed by atoms with Crippen LogP contribution in [0.1, 0.15) is 17.3 Å². The van der Waals surface area contributed by atoms with E-state index < -0.39 is 0 Å². The molecule has 122 valence electrons. The van der Waals surface area contributed by atoms with Crippen molar-refractivity contribution in [1.29, 1.82) is 0 Å². The highest BCUT2D eigenvalue weighted by Gasteiger charge is 2.21. The molecule has 22 heavy (non-hydrogen) atoms. The Morgan fingerprint density at radius 1 is 1.23 bits per heavy atom. The number of morpholine rings is 1. The Balaban J connectivity index is 1.93. The van der Waals surface area contributed by atoms with Crippen LogP contribution in [-0.4, -0.2) is 59.1 Å². The van der Waals surface area contributed by atoms with E-state index in [2.05, 4.69) is 0 Å². The number of benzene rings is 1. The number of hydrogen-bond acceptors (Lipinski definition) is 5. The van der Waals surface area contributed by atoms with E-state index in [0.717, 1.165) is 32.8 Å². The molecule has 1 saturated heterocycles. The third-order valence-corrected chi connectivity index (χ3v) is 3.70. The Morgan fingerprint density at radius 2 is 1.91 bits per heavy atom. The molecule has 0 amide bonds. The summed E-state index contributed by atoms with van der Waals surface area (Å²) < 4.78 is 21.2. The standard InChI is InChI=1S/C16H23NO5/c1-12(11-17-6-8-21-9-7-17)22-16(18)13-4-5-14(19-2)15(10-13)20-3/h4-5,10,12H,6-9,11H2,1-3H3/p+1. The van der Waals surface area contributed by atoms with Gasteiger partial charge in [-0.25, -0.2) is 4.79 Å². The molecule has 0 spiro atoms. The molecule has 6 nitrogen and oxygen atoms in total. The van der Waals surface area contributed by atoms with Gasteiger partial charge in [0.15, 0.2) is 11.5 Å². The van der Waals surface area contributed by atoms with Crippen LogP contribution in [0.4, 0.5) is 0 Å². The van der Waals surface area contributed by atoms with Crippen molar-refractivity contribution < 1.29 is 28.6 Å². The van der Waals surface area contributed by atoms with E-state index in [0.29, 0.717) is 17.1 Å². The highest BCUT2D eigenvalue weighted by molar-refractivity contribution is 5.90. The number of nitrogens with one attached hydrogen (secondary N) is 1. The van der Waals surface area contributed by atoms with Crippen LogP contribution in [0.25, 0.3) is 0 Å². The zero-order valence-electron chi connectivity index (χ0n) is 13.4. The number of carbonyl (C=O) groups is 1. The first kappa shape index (κ1) is 16.6. The quantitative estimate of drug-likeness (QED) is 0.759. The fourth-order valence-electron chi connectivity index (χ4n) is 2.53. The van der Waals surface area contributed by atoms with Gasteiger partial charge in [0, 0.05) is 0 Å². The lowest BCUT2D eigenvalue weighted by molar-refractivity contribution is -0.910. The summed E-state index contributed by atoms with van der Waals surface area (Å²) >= 11 is 0. The summed E-state index contributed by atoms with van der Waals surface area (Å²) in [5.74, 6) is 0.759. The van der Waals surface area contributed by atoms with Gasteiger partial charge >= 0.3 is 5.97 Å². The van der Waals surface area contributed by atoms with Gasteiger partial charge in [-0.1, -0.05) is 0 Å². The fourth-order valence-corrected chi connectivity index (χ4v) is 2.53. The van der Waals surface area contributed by atoms with Crippen molar-refractivity contribution in [2.24, 2.45) is 0 Å². The van der Waals surface area contributed by atoms with E-state index in [4.69, 9.17) is 18.9 Å². The number of quaternary nitrogens is 1. The first-order valence-electron chi connectivity index (χ1n) is 7.48. The van der Waals surface area contributed by atoms with Crippen LogP contribution in [0, 0.1) is 0 Å². The zero-order valence-corrected chi connectivity index (χ0v) is 13.4. The van der Waals surface area contributed by atoms with E-state index in [1.807, 2.05) is 6.92 Å². The molecule has 0 aliphatic carbocycles. The van der Waals surface area contributed by atoms with Crippen LogP contribution in [0.2, 0.25) is 0 Å². The van der Waals surface area contributed by atoms with Crippen LogP contribution in [0.15, 0.2) is 18.2 Å². The number of rotatable bonds is 6. The van der Waals surface area contributed by atoms with Gasteiger partial charge in [-0.15, -0.1) is 0 Å². The van der Waals surface area contributed by atoms with E-state index in [9.17, 15) is 4.79 Å². The van der Waals surface area contributed by atoms with Crippen LogP contribution in [0.5, 0.6) is 11.5 Å². The summed E-state index contributed by atoms with van der Waals surface area (Å²) in [7, 11) is 3.10. The van der Waals surface area contributed by atoms with Gasteiger partial charge in [0.05, 0.1) is 33.0 Å². The van der Waals surface area contributed by atoms with Crippen molar-refractivity contribution in [3.8, 4) is 11.5 Å². The molecular weight excluding hydrogens is 286 g/mol. The Hall–Kier alpha value is -1.79. The monoisotopic (exact) mass is 310 g/mol. The average molecular weight is 310 g/mol. The third kappa shape index (κ3) is 4.35. The molecule has 1 N–H and O–H groups in total. The minimum absolute atomic E-state index is 0.145. The lowest BCUT2D eigenvalue weighted by Crippen LogP contribution is -3.15. The van der Waals surface area contributed by atoms with Crippen LogP contribution in [0.3, 0.4) is 0 Å². The van der Waals surface area contributed by atoms with Crippen molar-refractivity contribution in [3.05, 3.63) is 23.8 Å². The molecule has 1 atom stereocenters. The topological polar surface area (TPSA) is 58.4 Å². The molecular formula is C16H24NO5+. The SMILES string of the molecule is COc1ccc(C(=O)OC(C)C[NH+]2CCOCC2)cc1OC. The summed E-state index contributed by atoms with van der Waals surface area (Å²) in [6.07, 6.45) is -0.145. The van der Waals surface area contributed by atoms with E-state index >= 15 is 0 Å². The van der Waals surface area contributed by atoms with Gasteiger partial charge in [-0.3, -0.25) is 0 Å². The van der Waals surface area contributed by atoms with Crippen molar-refractivity contribution in [3.63, 3.8) is 0 Å². The highest BCUT2D eigenvalue weighted by Crippen LogP contribution is 2.27. The second-order valence-electron chi connectivity index (χ2n) is 5.35. The minimum Gasteiger partial charge on any atom is -0.493 e. The molecule has 1 aliphatic heterocycles. The number of ether oxygens (including phenoxy) is 4. The fraction of sp³-hybridized carbons (Fsp3) is 0.562. The Kier molecular flexibility index (Phi) is 6.03. The van der Waals surface area contributed by atoms with Gasteiger partial charge < -0.3 is 23.8 Å². The molecule has 1 fully saturated rings. The second-order valence-corrected chi connectivity index (χ2v) is 5.35. The smallest absolute Gasteiger partial charge is 0.338 e. The summed E-state index contributed by atoms with van der Waals surface area (Å²) in [6, 6.07) is 5.01. The summed E-state index contributed by atoms with van der Waals surface area (Å²) in [6.45, 7) is 6.16. The molecule has 1 heterocycles. The number of hydrogen-bond donors (Lipinski definition) is 1. The van der Waals surface area contributed by atoms with Gasteiger partial charge in [0.2, 0.25) is 0 Å². The summed E-state index contributed by atoms with van der Waals surface area (Å²) in [5.41, 5.74) is 0.460. The Bertz CT molecular complexity index is 499. The highest BCUT2D eigenvalue weighted by atomic mass is 16.5. The molecule has 6 heteroatoms. The van der Waals surface area contributed by atoms with Crippen LogP contribution >= 0.6 is 0 Å². The molecule has 0 saturated carbocycles. The van der Waals surface area contributed by atoms with Crippen molar-refractivity contribution >= 4 is 5.97 Å². The van der Waals surface area contributed by atoms with Crippen LogP contribution in [-0.2, 0) is 9.47 Å². The normalized spacial score (nSPS) is 16.9. The third-order valence-electron chi connectivity index (χ3n) is 3.70. The summed E-state index contributed by atoms with van der Waals surface area (Å²) in [4.78, 5) is 13.6. The molecule has 2 rings (SSSR count). The molecule has 0 aromatic heterocycles. The van der Waals surface area contributed by atoms with Gasteiger partial charge in [0.1, 0.15) is 25.7 Å². The number of esters is 1. The molecule has 1 aliphatic rings. The largest absolute Gasteiger partial charge is 0.493 e. The van der Waals surface area contributed by atoms with Gasteiger partial charge in [-0.2, -0.15) is 0 Å². The molecule has 1 unspecified atom stereocenters. The maximum atomic E-state index is 12.2. The van der Waals surface area contributed by atoms with Crippen LogP contribution < -0.4 is 14.4 Å². The maximum Gasteiger partial charge on any atom is 0.338 e. The minimum atomic E-state index is -0.346. The first-order valence-corrected chi connectivity index (χ1v) is 7.48. The molecule has 0 radical (unpaired) electrons. The predicted octanol–water partition coefficient (Wildman–Crippen LogP) is 0.164. The first-order chi connectivity index (χ1) is 10.6. The number of methoxy groups -OCH3 is 2. The van der Waals surface area contributed by atoms with E-state index in [1.54, 1.807) is 25.3 Å². The second kappa shape index (κ2) is 8.00. The maximum absolute atomic E-state index is 12.2. The zero-order chi connectivity index (χ0) is 15.9. The van der Waals surface area contributed by atoms with Gasteiger partial charge in [-0.05, 0) is 25.1 Å². The van der Waals surface area contributed by atoms with Crippen molar-refractivity contribution in [1.82, 2.24) is 0 Å². The van der Waals surface area contributed by atoms with Crippen molar-refractivity contribution in [2.75, 3.05) is 47.1 Å². The van der Waals surface area contributed by atoms with Crippen molar-refractivity contribution in [2.45, 2.75) is 13.0 Å². The predicted molar refractivity (Wildman–Crippen MR) is 80.8 cm³/mol. The Labute approximate surface area is 130 Å². The van der Waals surface area contributed by atoms with Gasteiger partial charge in [0.25, 0.3) is 0 Å². The van der Waals surface area contributed by atoms with E-state index in [-0.39, 0.29) is 12.1 Å².